The van der Waals surface area contributed by atoms with Gasteiger partial charge in [-0.05, 0) is 26.8 Å². The van der Waals surface area contributed by atoms with Gasteiger partial charge in [-0.3, -0.25) is 4.84 Å². The Balaban J connectivity index is 3.28. The molecule has 0 amide bonds. The molecule has 2 heteroatoms. The maximum Gasteiger partial charge on any atom is 0.234 e. The fourth-order valence-electron chi connectivity index (χ4n) is 1.43. The maximum absolute atomic E-state index is 5.55. The first-order valence-electron chi connectivity index (χ1n) is 4.70. The van der Waals surface area contributed by atoms with Crippen molar-refractivity contribution >= 4 is 0 Å². The molecule has 0 aliphatic carbocycles. The topological polar surface area (TPSA) is 13.1 Å². The quantitative estimate of drug-likeness (QED) is 0.631. The van der Waals surface area contributed by atoms with Gasteiger partial charge in [-0.2, -0.15) is 0 Å². The molecule has 2 nitrogen and oxygen atoms in total. The number of hydrogen-bond acceptors (Lipinski definition) is 1. The van der Waals surface area contributed by atoms with E-state index in [1.807, 2.05) is 11.7 Å². The molecule has 0 atom stereocenters. The molecule has 1 rings (SSSR count). The largest absolute Gasteiger partial charge is 0.271 e. The average molecular weight is 180 g/mol. The average Bonchev–Trinajstić information content (AvgIpc) is 2.09. The molecule has 72 valence electrons. The number of rotatable bonds is 2. The van der Waals surface area contributed by atoms with Crippen LogP contribution < -0.4 is 9.57 Å². The van der Waals surface area contributed by atoms with Crippen LogP contribution in [-0.2, 0) is 0 Å². The van der Waals surface area contributed by atoms with Gasteiger partial charge in [0.15, 0.2) is 6.61 Å². The molecule has 0 radical (unpaired) electrons. The molecule has 0 N–H and O–H groups in total. The van der Waals surface area contributed by atoms with Crippen molar-refractivity contribution in [3.05, 3.63) is 28.6 Å². The standard InChI is InChI=1S/C11H18NO/c1-6-13-12-10(4)8(2)7-9(3)11(12)5/h7H,6H2,1-5H3/q+1. The van der Waals surface area contributed by atoms with Crippen LogP contribution in [0.25, 0.3) is 0 Å². The van der Waals surface area contributed by atoms with Crippen molar-refractivity contribution in [2.45, 2.75) is 34.6 Å². The van der Waals surface area contributed by atoms with Crippen molar-refractivity contribution in [3.8, 4) is 0 Å². The van der Waals surface area contributed by atoms with Crippen molar-refractivity contribution in [2.75, 3.05) is 6.61 Å². The van der Waals surface area contributed by atoms with Crippen molar-refractivity contribution in [1.82, 2.24) is 0 Å². The lowest BCUT2D eigenvalue weighted by Gasteiger charge is -2.05. The summed E-state index contributed by atoms with van der Waals surface area (Å²) in [5.41, 5.74) is 4.92. The lowest BCUT2D eigenvalue weighted by molar-refractivity contribution is -0.899. The Bertz CT molecular complexity index is 292. The fraction of sp³-hybridized carbons (Fsp3) is 0.545. The minimum atomic E-state index is 0.704. The summed E-state index contributed by atoms with van der Waals surface area (Å²) in [6, 6.07) is 2.19. The van der Waals surface area contributed by atoms with Crippen LogP contribution in [0.5, 0.6) is 0 Å². The second-order valence-corrected chi connectivity index (χ2v) is 3.39. The highest BCUT2D eigenvalue weighted by molar-refractivity contribution is 5.22. The summed E-state index contributed by atoms with van der Waals surface area (Å²) < 4.78 is 1.92. The maximum atomic E-state index is 5.55. The predicted octanol–water partition coefficient (Wildman–Crippen LogP) is 1.66. The van der Waals surface area contributed by atoms with E-state index in [0.717, 1.165) is 0 Å². The minimum Gasteiger partial charge on any atom is -0.271 e. The first-order valence-corrected chi connectivity index (χ1v) is 4.70. The molecular formula is C11H18NO+. The first kappa shape index (κ1) is 10.0. The Morgan fingerprint density at radius 3 is 1.92 bits per heavy atom. The molecule has 0 aliphatic heterocycles. The van der Waals surface area contributed by atoms with Gasteiger partial charge in [-0.1, -0.05) is 0 Å². The van der Waals surface area contributed by atoms with E-state index in [9.17, 15) is 0 Å². The smallest absolute Gasteiger partial charge is 0.234 e. The van der Waals surface area contributed by atoms with E-state index in [0.29, 0.717) is 6.61 Å². The van der Waals surface area contributed by atoms with Crippen molar-refractivity contribution in [1.29, 1.82) is 0 Å². The number of aryl methyl sites for hydroxylation is 2. The SMILES string of the molecule is CCO[n+]1c(C)c(C)cc(C)c1C. The van der Waals surface area contributed by atoms with E-state index in [4.69, 9.17) is 4.84 Å². The van der Waals surface area contributed by atoms with Crippen LogP contribution in [0, 0.1) is 27.7 Å². The third-order valence-electron chi connectivity index (χ3n) is 2.44. The van der Waals surface area contributed by atoms with Gasteiger partial charge in [0, 0.05) is 29.7 Å². The normalized spacial score (nSPS) is 10.2. The molecule has 0 fully saturated rings. The monoisotopic (exact) mass is 180 g/mol. The first-order chi connectivity index (χ1) is 6.07. The van der Waals surface area contributed by atoms with Gasteiger partial charge in [0.25, 0.3) is 0 Å². The number of pyridine rings is 1. The third-order valence-corrected chi connectivity index (χ3v) is 2.44. The molecule has 1 aromatic rings. The Kier molecular flexibility index (Phi) is 2.91. The van der Waals surface area contributed by atoms with Crippen LogP contribution in [0.3, 0.4) is 0 Å². The van der Waals surface area contributed by atoms with Gasteiger partial charge >= 0.3 is 0 Å². The molecule has 0 aliphatic rings. The van der Waals surface area contributed by atoms with Crippen LogP contribution in [0.4, 0.5) is 0 Å². The van der Waals surface area contributed by atoms with Gasteiger partial charge in [0.1, 0.15) is 0 Å². The summed E-state index contributed by atoms with van der Waals surface area (Å²) in [7, 11) is 0. The summed E-state index contributed by atoms with van der Waals surface area (Å²) in [6.45, 7) is 11.1. The molecule has 0 bridgehead atoms. The van der Waals surface area contributed by atoms with Gasteiger partial charge in [0.05, 0.1) is 0 Å². The van der Waals surface area contributed by atoms with Crippen LogP contribution in [0.15, 0.2) is 6.07 Å². The Morgan fingerprint density at radius 1 is 1.08 bits per heavy atom. The summed E-state index contributed by atoms with van der Waals surface area (Å²) in [6.07, 6.45) is 0. The fourth-order valence-corrected chi connectivity index (χ4v) is 1.43. The molecule has 1 heterocycles. The molecule has 0 unspecified atom stereocenters. The van der Waals surface area contributed by atoms with E-state index in [2.05, 4.69) is 33.8 Å². The van der Waals surface area contributed by atoms with Crippen molar-refractivity contribution in [3.63, 3.8) is 0 Å². The molecular weight excluding hydrogens is 162 g/mol. The highest BCUT2D eigenvalue weighted by atomic mass is 16.7. The van der Waals surface area contributed by atoms with Gasteiger partial charge < -0.3 is 0 Å². The van der Waals surface area contributed by atoms with Gasteiger partial charge in [-0.25, -0.2) is 0 Å². The summed E-state index contributed by atoms with van der Waals surface area (Å²) in [4.78, 5) is 5.55. The van der Waals surface area contributed by atoms with Gasteiger partial charge in [-0.15, -0.1) is 0 Å². The Hall–Kier alpha value is -1.05. The van der Waals surface area contributed by atoms with Crippen LogP contribution in [0.1, 0.15) is 29.4 Å². The highest BCUT2D eigenvalue weighted by Gasteiger charge is 2.17. The molecule has 0 saturated heterocycles. The lowest BCUT2D eigenvalue weighted by atomic mass is 10.1. The third kappa shape index (κ3) is 1.82. The molecule has 0 aromatic carbocycles. The van der Waals surface area contributed by atoms with E-state index in [1.54, 1.807) is 0 Å². The zero-order valence-electron chi connectivity index (χ0n) is 9.14. The second-order valence-electron chi connectivity index (χ2n) is 3.39. The summed E-state index contributed by atoms with van der Waals surface area (Å²) >= 11 is 0. The zero-order chi connectivity index (χ0) is 10.0. The van der Waals surface area contributed by atoms with Crippen LogP contribution in [0.2, 0.25) is 0 Å². The van der Waals surface area contributed by atoms with E-state index < -0.39 is 0 Å². The Morgan fingerprint density at radius 2 is 1.54 bits per heavy atom. The second kappa shape index (κ2) is 3.77. The summed E-state index contributed by atoms with van der Waals surface area (Å²) in [5, 5.41) is 0. The zero-order valence-corrected chi connectivity index (χ0v) is 9.14. The van der Waals surface area contributed by atoms with E-state index >= 15 is 0 Å². The van der Waals surface area contributed by atoms with Crippen molar-refractivity contribution < 1.29 is 9.57 Å². The highest BCUT2D eigenvalue weighted by Crippen LogP contribution is 2.07. The van der Waals surface area contributed by atoms with E-state index in [1.165, 1.54) is 22.5 Å². The van der Waals surface area contributed by atoms with E-state index in [-0.39, 0.29) is 0 Å². The Labute approximate surface area is 80.1 Å². The van der Waals surface area contributed by atoms with Crippen LogP contribution >= 0.6 is 0 Å². The molecule has 0 spiro atoms. The number of nitrogens with zero attached hydrogens (tertiary/aromatic N) is 1. The molecule has 13 heavy (non-hydrogen) atoms. The predicted molar refractivity (Wildman–Crippen MR) is 52.7 cm³/mol. The minimum absolute atomic E-state index is 0.704. The number of hydrogen-bond donors (Lipinski definition) is 0. The van der Waals surface area contributed by atoms with Crippen LogP contribution in [-0.4, -0.2) is 6.61 Å². The van der Waals surface area contributed by atoms with Crippen molar-refractivity contribution in [2.24, 2.45) is 0 Å². The molecule has 0 saturated carbocycles. The van der Waals surface area contributed by atoms with Gasteiger partial charge in [0.2, 0.25) is 11.4 Å². The summed E-state index contributed by atoms with van der Waals surface area (Å²) in [5.74, 6) is 0. The molecule has 1 aromatic heterocycles. The lowest BCUT2D eigenvalue weighted by Crippen LogP contribution is -2.49. The number of aromatic nitrogens is 1.